The fourth-order valence-electron chi connectivity index (χ4n) is 2.29. The van der Waals surface area contributed by atoms with Gasteiger partial charge in [-0.2, -0.15) is 10.2 Å². The van der Waals surface area contributed by atoms with Gasteiger partial charge in [0.2, 0.25) is 0 Å². The summed E-state index contributed by atoms with van der Waals surface area (Å²) in [6.07, 6.45) is 1.70. The van der Waals surface area contributed by atoms with Crippen LogP contribution in [-0.4, -0.2) is 38.0 Å². The molecule has 0 aromatic carbocycles. The summed E-state index contributed by atoms with van der Waals surface area (Å²) in [6.45, 7) is 6.56. The minimum absolute atomic E-state index is 0.171. The highest BCUT2D eigenvalue weighted by Gasteiger charge is 2.20. The van der Waals surface area contributed by atoms with E-state index in [1.807, 2.05) is 24.6 Å². The van der Waals surface area contributed by atoms with Crippen LogP contribution < -0.4 is 5.32 Å². The normalized spacial score (nSPS) is 12.0. The molecule has 2 aromatic rings. The van der Waals surface area contributed by atoms with Crippen molar-refractivity contribution in [3.63, 3.8) is 0 Å². The van der Waals surface area contributed by atoms with Crippen LogP contribution in [-0.2, 0) is 18.3 Å². The van der Waals surface area contributed by atoms with E-state index in [9.17, 15) is 9.59 Å². The number of aryl methyl sites for hydroxylation is 2. The highest BCUT2D eigenvalue weighted by Crippen LogP contribution is 2.13. The Kier molecular flexibility index (Phi) is 5.15. The summed E-state index contributed by atoms with van der Waals surface area (Å²) in [4.78, 5) is 24.1. The monoisotopic (exact) mass is 319 g/mol. The SMILES string of the molecule is CCOC(=O)c1cc(C(=O)NC(C)c2ccnn2CC)nn1C. The molecule has 0 radical (unpaired) electrons. The lowest BCUT2D eigenvalue weighted by molar-refractivity contribution is 0.0513. The molecule has 1 N–H and O–H groups in total. The van der Waals surface area contributed by atoms with Crippen molar-refractivity contribution in [3.8, 4) is 0 Å². The van der Waals surface area contributed by atoms with E-state index in [2.05, 4.69) is 15.5 Å². The van der Waals surface area contributed by atoms with Gasteiger partial charge in [0.25, 0.3) is 5.91 Å². The van der Waals surface area contributed by atoms with Gasteiger partial charge in [0, 0.05) is 25.9 Å². The van der Waals surface area contributed by atoms with E-state index >= 15 is 0 Å². The molecule has 2 aromatic heterocycles. The number of nitrogens with one attached hydrogen (secondary N) is 1. The average Bonchev–Trinajstić information content (AvgIpc) is 3.13. The van der Waals surface area contributed by atoms with Gasteiger partial charge in [-0.25, -0.2) is 4.79 Å². The van der Waals surface area contributed by atoms with Gasteiger partial charge in [0.1, 0.15) is 5.69 Å². The lowest BCUT2D eigenvalue weighted by Gasteiger charge is -2.14. The van der Waals surface area contributed by atoms with Crippen molar-refractivity contribution in [2.75, 3.05) is 6.61 Å². The molecule has 1 amide bonds. The summed E-state index contributed by atoms with van der Waals surface area (Å²) >= 11 is 0. The number of amides is 1. The number of hydrogen-bond acceptors (Lipinski definition) is 5. The van der Waals surface area contributed by atoms with E-state index < -0.39 is 5.97 Å². The zero-order chi connectivity index (χ0) is 17.0. The van der Waals surface area contributed by atoms with E-state index in [-0.39, 0.29) is 29.9 Å². The van der Waals surface area contributed by atoms with Crippen molar-refractivity contribution in [1.82, 2.24) is 24.9 Å². The molecule has 0 saturated heterocycles. The Balaban J connectivity index is 2.12. The third kappa shape index (κ3) is 3.58. The Morgan fingerprint density at radius 2 is 2.13 bits per heavy atom. The number of ether oxygens (including phenoxy) is 1. The Labute approximate surface area is 134 Å². The average molecular weight is 319 g/mol. The number of esters is 1. The Morgan fingerprint density at radius 3 is 2.78 bits per heavy atom. The van der Waals surface area contributed by atoms with Crippen LogP contribution in [0.4, 0.5) is 0 Å². The predicted octanol–water partition coefficient (Wildman–Crippen LogP) is 1.30. The van der Waals surface area contributed by atoms with Gasteiger partial charge >= 0.3 is 5.97 Å². The minimum Gasteiger partial charge on any atom is -0.461 e. The molecule has 8 heteroatoms. The van der Waals surface area contributed by atoms with Crippen molar-refractivity contribution in [1.29, 1.82) is 0 Å². The van der Waals surface area contributed by atoms with Gasteiger partial charge in [0.15, 0.2) is 5.69 Å². The molecule has 8 nitrogen and oxygen atoms in total. The van der Waals surface area contributed by atoms with E-state index in [0.29, 0.717) is 0 Å². The summed E-state index contributed by atoms with van der Waals surface area (Å²) in [5.74, 6) is -0.855. The van der Waals surface area contributed by atoms with Crippen LogP contribution in [0.1, 0.15) is 53.5 Å². The fraction of sp³-hybridized carbons (Fsp3) is 0.467. The first-order chi connectivity index (χ1) is 11.0. The van der Waals surface area contributed by atoms with Crippen molar-refractivity contribution in [2.45, 2.75) is 33.4 Å². The van der Waals surface area contributed by atoms with E-state index in [1.54, 1.807) is 20.2 Å². The summed E-state index contributed by atoms with van der Waals surface area (Å²) in [6, 6.07) is 3.06. The van der Waals surface area contributed by atoms with Crippen molar-refractivity contribution >= 4 is 11.9 Å². The summed E-state index contributed by atoms with van der Waals surface area (Å²) in [5, 5.41) is 11.1. The minimum atomic E-state index is -0.501. The molecule has 0 bridgehead atoms. The van der Waals surface area contributed by atoms with Crippen LogP contribution in [0.2, 0.25) is 0 Å². The smallest absolute Gasteiger partial charge is 0.356 e. The highest BCUT2D eigenvalue weighted by atomic mass is 16.5. The van der Waals surface area contributed by atoms with Gasteiger partial charge in [-0.05, 0) is 26.8 Å². The molecule has 124 valence electrons. The number of hydrogen-bond donors (Lipinski definition) is 1. The first kappa shape index (κ1) is 16.7. The molecule has 0 aliphatic heterocycles. The summed E-state index contributed by atoms with van der Waals surface area (Å²) < 4.78 is 8.08. The molecule has 1 unspecified atom stereocenters. The van der Waals surface area contributed by atoms with Crippen molar-refractivity contribution < 1.29 is 14.3 Å². The second-order valence-corrected chi connectivity index (χ2v) is 5.03. The van der Waals surface area contributed by atoms with E-state index in [0.717, 1.165) is 12.2 Å². The maximum absolute atomic E-state index is 12.3. The molecule has 1 atom stereocenters. The van der Waals surface area contributed by atoms with Gasteiger partial charge in [-0.15, -0.1) is 0 Å². The van der Waals surface area contributed by atoms with Crippen molar-refractivity contribution in [3.05, 3.63) is 35.4 Å². The van der Waals surface area contributed by atoms with Crippen LogP contribution in [0, 0.1) is 0 Å². The van der Waals surface area contributed by atoms with Crippen molar-refractivity contribution in [2.24, 2.45) is 7.05 Å². The number of rotatable bonds is 6. The Bertz CT molecular complexity index is 704. The Morgan fingerprint density at radius 1 is 1.39 bits per heavy atom. The van der Waals surface area contributed by atoms with Gasteiger partial charge in [-0.3, -0.25) is 14.2 Å². The lowest BCUT2D eigenvalue weighted by Crippen LogP contribution is -2.28. The van der Waals surface area contributed by atoms with Gasteiger partial charge < -0.3 is 10.1 Å². The summed E-state index contributed by atoms with van der Waals surface area (Å²) in [7, 11) is 1.60. The van der Waals surface area contributed by atoms with Crippen LogP contribution in [0.25, 0.3) is 0 Å². The molecule has 0 saturated carbocycles. The molecular formula is C15H21N5O3. The molecular weight excluding hydrogens is 298 g/mol. The Hall–Kier alpha value is -2.64. The molecule has 2 rings (SSSR count). The molecule has 0 spiro atoms. The maximum Gasteiger partial charge on any atom is 0.356 e. The topological polar surface area (TPSA) is 91.0 Å². The first-order valence-corrected chi connectivity index (χ1v) is 7.51. The number of aromatic nitrogens is 4. The standard InChI is InChI=1S/C15H21N5O3/c1-5-20-12(7-8-16-20)10(3)17-14(21)11-9-13(19(4)18-11)15(22)23-6-2/h7-10H,5-6H2,1-4H3,(H,17,21). The van der Waals surface area contributed by atoms with Crippen LogP contribution in [0.15, 0.2) is 18.3 Å². The highest BCUT2D eigenvalue weighted by molar-refractivity contribution is 5.96. The summed E-state index contributed by atoms with van der Waals surface area (Å²) in [5.41, 5.74) is 1.32. The van der Waals surface area contributed by atoms with E-state index in [1.165, 1.54) is 10.7 Å². The first-order valence-electron chi connectivity index (χ1n) is 7.51. The number of carbonyl (C=O) groups is 2. The van der Waals surface area contributed by atoms with Gasteiger partial charge in [-0.1, -0.05) is 0 Å². The molecule has 0 fully saturated rings. The fourth-order valence-corrected chi connectivity index (χ4v) is 2.29. The third-order valence-electron chi connectivity index (χ3n) is 3.44. The zero-order valence-electron chi connectivity index (χ0n) is 13.7. The second-order valence-electron chi connectivity index (χ2n) is 5.03. The predicted molar refractivity (Wildman–Crippen MR) is 82.9 cm³/mol. The van der Waals surface area contributed by atoms with Gasteiger partial charge in [0.05, 0.1) is 18.3 Å². The third-order valence-corrected chi connectivity index (χ3v) is 3.44. The quantitative estimate of drug-likeness (QED) is 0.811. The molecule has 0 aliphatic rings. The lowest BCUT2D eigenvalue weighted by atomic mass is 10.2. The molecule has 23 heavy (non-hydrogen) atoms. The number of nitrogens with zero attached hydrogens (tertiary/aromatic N) is 4. The van der Waals surface area contributed by atoms with Crippen LogP contribution in [0.3, 0.4) is 0 Å². The largest absolute Gasteiger partial charge is 0.461 e. The molecule has 0 aliphatic carbocycles. The molecule has 2 heterocycles. The maximum atomic E-state index is 12.3. The number of carbonyl (C=O) groups excluding carboxylic acids is 2. The zero-order valence-corrected chi connectivity index (χ0v) is 13.7. The second kappa shape index (κ2) is 7.08. The van der Waals surface area contributed by atoms with E-state index in [4.69, 9.17) is 4.74 Å². The van der Waals surface area contributed by atoms with Crippen LogP contribution in [0.5, 0.6) is 0 Å². The van der Waals surface area contributed by atoms with Crippen LogP contribution >= 0.6 is 0 Å².